The standard InChI is InChI=1S/C40H55N5O8.CH4/c1-4-51-36(46)26-52-33-14-20-42(21-15-33)31-10-16-43(17-11-31)38(48)35(25-29-23-27(2)37(47)28(3)24-29)53-40(50)44-18-12-32(13-19-44)45-22-9-30-7-5-6-8-34(30)41-39(45)49;/h5-8,23-24,31-33,35,47H,4,9-22,25-26H2,1-3H3,(H,41,49);1H4/t35-;/m1./s1. The Balaban J connectivity index is 0.00000561. The number of urea groups is 1. The molecule has 13 heteroatoms. The van der Waals surface area contributed by atoms with Crippen molar-refractivity contribution in [3.63, 3.8) is 0 Å². The fourth-order valence-corrected chi connectivity index (χ4v) is 8.30. The van der Waals surface area contributed by atoms with Gasteiger partial charge >= 0.3 is 18.1 Å². The first-order valence-corrected chi connectivity index (χ1v) is 19.3. The van der Waals surface area contributed by atoms with Crippen LogP contribution in [-0.2, 0) is 36.6 Å². The molecule has 3 fully saturated rings. The van der Waals surface area contributed by atoms with Crippen molar-refractivity contribution >= 4 is 29.7 Å². The van der Waals surface area contributed by atoms with Crippen LogP contribution in [-0.4, -0.2) is 132 Å². The monoisotopic (exact) mass is 749 g/mol. The summed E-state index contributed by atoms with van der Waals surface area (Å²) in [5.41, 5.74) is 4.19. The molecule has 0 saturated carbocycles. The minimum atomic E-state index is -1.01. The van der Waals surface area contributed by atoms with Gasteiger partial charge in [0.2, 0.25) is 0 Å². The molecule has 0 aromatic heterocycles. The average Bonchev–Trinajstić information content (AvgIpc) is 3.34. The number of phenols is 1. The number of anilines is 1. The number of fused-ring (bicyclic) bond motifs is 1. The second kappa shape index (κ2) is 18.8. The maximum Gasteiger partial charge on any atom is 0.410 e. The number of likely N-dealkylation sites (tertiary alicyclic amines) is 3. The average molecular weight is 750 g/mol. The van der Waals surface area contributed by atoms with Crippen LogP contribution in [0.25, 0.3) is 0 Å². The second-order valence-electron chi connectivity index (χ2n) is 14.8. The zero-order valence-corrected chi connectivity index (χ0v) is 31.4. The molecule has 6 rings (SSSR count). The molecule has 0 aliphatic carbocycles. The van der Waals surface area contributed by atoms with Crippen molar-refractivity contribution in [2.45, 2.75) is 104 Å². The number of aryl methyl sites for hydroxylation is 2. The van der Waals surface area contributed by atoms with Crippen molar-refractivity contribution in [1.29, 1.82) is 0 Å². The number of nitrogens with zero attached hydrogens (tertiary/aromatic N) is 4. The van der Waals surface area contributed by atoms with E-state index in [1.54, 1.807) is 11.8 Å². The first-order chi connectivity index (χ1) is 25.6. The highest BCUT2D eigenvalue weighted by molar-refractivity contribution is 5.91. The molecule has 4 aliphatic heterocycles. The van der Waals surface area contributed by atoms with E-state index >= 15 is 0 Å². The quantitative estimate of drug-likeness (QED) is 0.311. The smallest absolute Gasteiger partial charge is 0.410 e. The molecule has 0 bridgehead atoms. The summed E-state index contributed by atoms with van der Waals surface area (Å²) in [6.45, 7) is 10.1. The summed E-state index contributed by atoms with van der Waals surface area (Å²) in [5.74, 6) is -0.321. The summed E-state index contributed by atoms with van der Waals surface area (Å²) < 4.78 is 16.8. The van der Waals surface area contributed by atoms with Gasteiger partial charge in [-0.05, 0) is 94.0 Å². The number of benzene rings is 2. The Bertz CT molecular complexity index is 1590. The van der Waals surface area contributed by atoms with E-state index in [1.807, 2.05) is 60.0 Å². The molecular weight excluding hydrogens is 690 g/mol. The molecule has 4 amide bonds. The summed E-state index contributed by atoms with van der Waals surface area (Å²) in [6.07, 6.45) is 4.05. The molecule has 0 radical (unpaired) electrons. The van der Waals surface area contributed by atoms with Gasteiger partial charge in [-0.15, -0.1) is 0 Å². The Morgan fingerprint density at radius 2 is 1.50 bits per heavy atom. The fourth-order valence-electron chi connectivity index (χ4n) is 8.30. The summed E-state index contributed by atoms with van der Waals surface area (Å²) in [4.78, 5) is 60.5. The summed E-state index contributed by atoms with van der Waals surface area (Å²) in [5, 5.41) is 13.4. The minimum absolute atomic E-state index is 0. The molecule has 296 valence electrons. The predicted octanol–water partition coefficient (Wildman–Crippen LogP) is 5.28. The van der Waals surface area contributed by atoms with Crippen molar-refractivity contribution in [2.75, 3.05) is 64.3 Å². The second-order valence-corrected chi connectivity index (χ2v) is 14.8. The van der Waals surface area contributed by atoms with Gasteiger partial charge in [0.05, 0.1) is 12.7 Å². The number of hydrogen-bond donors (Lipinski definition) is 2. The highest BCUT2D eigenvalue weighted by Crippen LogP contribution is 2.28. The van der Waals surface area contributed by atoms with Gasteiger partial charge in [0, 0.05) is 70.0 Å². The molecule has 2 N–H and O–H groups in total. The van der Waals surface area contributed by atoms with Crippen LogP contribution >= 0.6 is 0 Å². The zero-order valence-electron chi connectivity index (χ0n) is 31.4. The topological polar surface area (TPSA) is 141 Å². The van der Waals surface area contributed by atoms with Crippen molar-refractivity contribution in [1.82, 2.24) is 19.6 Å². The lowest BCUT2D eigenvalue weighted by Crippen LogP contribution is -2.53. The number of rotatable bonds is 10. The molecule has 13 nitrogen and oxygen atoms in total. The molecule has 54 heavy (non-hydrogen) atoms. The Morgan fingerprint density at radius 1 is 0.870 bits per heavy atom. The van der Waals surface area contributed by atoms with Crippen LogP contribution in [0.3, 0.4) is 0 Å². The number of amides is 4. The molecule has 4 heterocycles. The van der Waals surface area contributed by atoms with Crippen LogP contribution in [0.1, 0.15) is 75.1 Å². The van der Waals surface area contributed by atoms with Crippen molar-refractivity contribution < 1.29 is 38.5 Å². The highest BCUT2D eigenvalue weighted by atomic mass is 16.6. The van der Waals surface area contributed by atoms with Crippen LogP contribution in [0.2, 0.25) is 0 Å². The first-order valence-electron chi connectivity index (χ1n) is 19.3. The third-order valence-corrected chi connectivity index (χ3v) is 11.3. The molecular formula is C41H59N5O8. The molecule has 0 spiro atoms. The van der Waals surface area contributed by atoms with Gasteiger partial charge in [0.15, 0.2) is 6.10 Å². The number of hydrogen-bond acceptors (Lipinski definition) is 9. The number of ether oxygens (including phenoxy) is 3. The largest absolute Gasteiger partial charge is 0.507 e. The Morgan fingerprint density at radius 3 is 2.17 bits per heavy atom. The van der Waals surface area contributed by atoms with E-state index in [9.17, 15) is 24.3 Å². The maximum atomic E-state index is 14.1. The van der Waals surface area contributed by atoms with Crippen LogP contribution in [0, 0.1) is 13.8 Å². The van der Waals surface area contributed by atoms with E-state index in [-0.39, 0.29) is 56.3 Å². The minimum Gasteiger partial charge on any atom is -0.507 e. The number of carbonyl (C=O) groups excluding carboxylic acids is 4. The summed E-state index contributed by atoms with van der Waals surface area (Å²) in [6, 6.07) is 11.8. The highest BCUT2D eigenvalue weighted by Gasteiger charge is 2.37. The summed E-state index contributed by atoms with van der Waals surface area (Å²) in [7, 11) is 0. The predicted molar refractivity (Wildman–Crippen MR) is 206 cm³/mol. The van der Waals surface area contributed by atoms with E-state index in [2.05, 4.69) is 10.2 Å². The van der Waals surface area contributed by atoms with Gasteiger partial charge in [0.1, 0.15) is 12.4 Å². The molecule has 0 unspecified atom stereocenters. The Hall–Kier alpha value is -4.36. The zero-order chi connectivity index (χ0) is 37.5. The van der Waals surface area contributed by atoms with Crippen molar-refractivity contribution in [3.05, 3.63) is 58.7 Å². The van der Waals surface area contributed by atoms with E-state index in [0.29, 0.717) is 69.3 Å². The number of nitrogens with one attached hydrogen (secondary N) is 1. The molecule has 4 aliphatic rings. The van der Waals surface area contributed by atoms with E-state index in [1.165, 1.54) is 0 Å². The number of aromatic hydroxyl groups is 1. The Kier molecular flexibility index (Phi) is 14.2. The molecule has 2 aromatic rings. The SMILES string of the molecule is C.CCOC(=O)COC1CCN(C2CCN(C(=O)[C@@H](Cc3cc(C)c(O)c(C)c3)OC(=O)N3CCC(N4CCc5ccccc5NC4=O)CC3)CC2)CC1. The molecule has 3 saturated heterocycles. The van der Waals surface area contributed by atoms with Gasteiger partial charge in [-0.25, -0.2) is 14.4 Å². The van der Waals surface area contributed by atoms with E-state index in [4.69, 9.17) is 14.2 Å². The number of phenolic OH excluding ortho intramolecular Hbond substituents is 1. The Labute approximate surface area is 319 Å². The van der Waals surface area contributed by atoms with Crippen LogP contribution in [0.5, 0.6) is 5.75 Å². The number of piperidine rings is 3. The third kappa shape index (κ3) is 10.0. The van der Waals surface area contributed by atoms with Crippen molar-refractivity contribution in [3.8, 4) is 5.75 Å². The maximum absolute atomic E-state index is 14.1. The lowest BCUT2D eigenvalue weighted by Gasteiger charge is -2.42. The molecule has 1 atom stereocenters. The lowest BCUT2D eigenvalue weighted by atomic mass is 9.97. The van der Waals surface area contributed by atoms with Gasteiger partial charge in [0.25, 0.3) is 5.91 Å². The van der Waals surface area contributed by atoms with E-state index < -0.39 is 12.2 Å². The third-order valence-electron chi connectivity index (χ3n) is 11.3. The lowest BCUT2D eigenvalue weighted by molar-refractivity contribution is -0.151. The normalized spacial score (nSPS) is 19.6. The van der Waals surface area contributed by atoms with Crippen molar-refractivity contribution in [2.24, 2.45) is 0 Å². The van der Waals surface area contributed by atoms with Crippen LogP contribution in [0.15, 0.2) is 36.4 Å². The van der Waals surface area contributed by atoms with Gasteiger partial charge in [-0.3, -0.25) is 4.79 Å². The molecule has 2 aromatic carbocycles. The summed E-state index contributed by atoms with van der Waals surface area (Å²) >= 11 is 0. The van der Waals surface area contributed by atoms with Gasteiger partial charge in [-0.2, -0.15) is 0 Å². The number of carbonyl (C=O) groups is 4. The van der Waals surface area contributed by atoms with Crippen LogP contribution in [0.4, 0.5) is 15.3 Å². The van der Waals surface area contributed by atoms with Gasteiger partial charge in [-0.1, -0.05) is 37.8 Å². The number of esters is 1. The van der Waals surface area contributed by atoms with E-state index in [0.717, 1.165) is 62.0 Å². The fraction of sp³-hybridized carbons (Fsp3) is 0.610. The van der Waals surface area contributed by atoms with Gasteiger partial charge < -0.3 is 44.2 Å². The number of para-hydroxylation sites is 1. The first kappa shape index (κ1) is 40.8. The van der Waals surface area contributed by atoms with Crippen LogP contribution < -0.4 is 5.32 Å².